The third-order valence-corrected chi connectivity index (χ3v) is 1.68. The van der Waals surface area contributed by atoms with Gasteiger partial charge in [-0.3, -0.25) is 4.79 Å². The van der Waals surface area contributed by atoms with E-state index >= 15 is 0 Å². The maximum Gasteiger partial charge on any atom is 0.180 e. The number of aromatic hydroxyl groups is 1. The number of benzene rings is 1. The fraction of sp³-hybridized carbons (Fsp3) is 0.125. The first-order valence-corrected chi connectivity index (χ1v) is 3.74. The number of halogens is 1. The van der Waals surface area contributed by atoms with E-state index in [0.29, 0.717) is 5.02 Å². The van der Waals surface area contributed by atoms with Gasteiger partial charge in [-0.05, 0) is 18.2 Å². The molecule has 1 aromatic rings. The summed E-state index contributed by atoms with van der Waals surface area (Å²) in [4.78, 5) is 11.0. The molecular formula is C8H8ClNO2. The highest BCUT2D eigenvalue weighted by Crippen LogP contribution is 2.21. The largest absolute Gasteiger partial charge is 0.507 e. The van der Waals surface area contributed by atoms with Crippen LogP contribution in [0.5, 0.6) is 5.75 Å². The van der Waals surface area contributed by atoms with Crippen LogP contribution in [-0.4, -0.2) is 17.4 Å². The summed E-state index contributed by atoms with van der Waals surface area (Å²) in [6.45, 7) is -0.116. The SMILES string of the molecule is NCC(=O)c1ccc(Cl)cc1O. The number of hydrogen-bond donors (Lipinski definition) is 2. The first kappa shape index (κ1) is 9.03. The predicted octanol–water partition coefficient (Wildman–Crippen LogP) is 1.19. The second-order valence-electron chi connectivity index (χ2n) is 2.29. The summed E-state index contributed by atoms with van der Waals surface area (Å²) in [6.07, 6.45) is 0. The molecule has 0 aromatic heterocycles. The van der Waals surface area contributed by atoms with Crippen LogP contribution in [-0.2, 0) is 0 Å². The van der Waals surface area contributed by atoms with E-state index in [4.69, 9.17) is 17.3 Å². The van der Waals surface area contributed by atoms with Gasteiger partial charge in [0.2, 0.25) is 0 Å². The van der Waals surface area contributed by atoms with Gasteiger partial charge in [0, 0.05) is 5.02 Å². The highest BCUT2D eigenvalue weighted by Gasteiger charge is 2.08. The quantitative estimate of drug-likeness (QED) is 0.681. The van der Waals surface area contributed by atoms with Crippen molar-refractivity contribution in [1.82, 2.24) is 0 Å². The molecule has 0 atom stereocenters. The summed E-state index contributed by atoms with van der Waals surface area (Å²) in [6, 6.07) is 4.29. The fourth-order valence-electron chi connectivity index (χ4n) is 0.851. The average molecular weight is 186 g/mol. The summed E-state index contributed by atoms with van der Waals surface area (Å²) < 4.78 is 0. The molecule has 12 heavy (non-hydrogen) atoms. The van der Waals surface area contributed by atoms with Gasteiger partial charge in [0.05, 0.1) is 12.1 Å². The molecule has 0 fully saturated rings. The van der Waals surface area contributed by atoms with Gasteiger partial charge in [-0.25, -0.2) is 0 Å². The number of Topliss-reactive ketones (excluding diaryl/α,β-unsaturated/α-hetero) is 1. The smallest absolute Gasteiger partial charge is 0.180 e. The Hall–Kier alpha value is -1.06. The van der Waals surface area contributed by atoms with Crippen LogP contribution in [0.1, 0.15) is 10.4 Å². The molecule has 0 aliphatic carbocycles. The van der Waals surface area contributed by atoms with Gasteiger partial charge >= 0.3 is 0 Å². The maximum atomic E-state index is 11.0. The molecule has 0 saturated carbocycles. The van der Waals surface area contributed by atoms with Crippen LogP contribution in [0, 0.1) is 0 Å². The number of ketones is 1. The number of carbonyl (C=O) groups is 1. The lowest BCUT2D eigenvalue weighted by molar-refractivity contribution is 0.0999. The van der Waals surface area contributed by atoms with Crippen molar-refractivity contribution in [1.29, 1.82) is 0 Å². The van der Waals surface area contributed by atoms with Gasteiger partial charge in [0.1, 0.15) is 5.75 Å². The zero-order chi connectivity index (χ0) is 9.14. The molecule has 0 bridgehead atoms. The monoisotopic (exact) mass is 185 g/mol. The molecule has 1 aromatic carbocycles. The van der Waals surface area contributed by atoms with E-state index in [1.165, 1.54) is 18.2 Å². The van der Waals surface area contributed by atoms with Crippen LogP contribution in [0.25, 0.3) is 0 Å². The minimum Gasteiger partial charge on any atom is -0.507 e. The van der Waals surface area contributed by atoms with Gasteiger partial charge in [-0.2, -0.15) is 0 Å². The molecule has 0 amide bonds. The second-order valence-corrected chi connectivity index (χ2v) is 2.73. The number of hydrogen-bond acceptors (Lipinski definition) is 3. The minimum atomic E-state index is -0.302. The summed E-state index contributed by atoms with van der Waals surface area (Å²) in [5.74, 6) is -0.429. The summed E-state index contributed by atoms with van der Waals surface area (Å²) in [7, 11) is 0. The molecule has 0 aliphatic heterocycles. The predicted molar refractivity (Wildman–Crippen MR) is 46.5 cm³/mol. The van der Waals surface area contributed by atoms with Gasteiger partial charge in [-0.15, -0.1) is 0 Å². The highest BCUT2D eigenvalue weighted by atomic mass is 35.5. The van der Waals surface area contributed by atoms with Gasteiger partial charge in [0.15, 0.2) is 5.78 Å². The lowest BCUT2D eigenvalue weighted by Gasteiger charge is -2.00. The van der Waals surface area contributed by atoms with Crippen molar-refractivity contribution in [2.75, 3.05) is 6.54 Å². The Morgan fingerprint density at radius 3 is 2.75 bits per heavy atom. The molecule has 0 aliphatic rings. The Morgan fingerprint density at radius 2 is 2.25 bits per heavy atom. The van der Waals surface area contributed by atoms with Crippen LogP contribution in [0.4, 0.5) is 0 Å². The van der Waals surface area contributed by atoms with E-state index in [1.54, 1.807) is 0 Å². The molecule has 1 rings (SSSR count). The molecular weight excluding hydrogens is 178 g/mol. The Kier molecular flexibility index (Phi) is 2.68. The summed E-state index contributed by atoms with van der Waals surface area (Å²) in [5.41, 5.74) is 5.33. The highest BCUT2D eigenvalue weighted by molar-refractivity contribution is 6.30. The number of carbonyl (C=O) groups excluding carboxylic acids is 1. The van der Waals surface area contributed by atoms with E-state index in [0.717, 1.165) is 0 Å². The molecule has 0 heterocycles. The standard InChI is InChI=1S/C8H8ClNO2/c9-5-1-2-6(7(11)3-5)8(12)4-10/h1-3,11H,4,10H2. The Bertz CT molecular complexity index is 312. The molecule has 64 valence electrons. The molecule has 0 spiro atoms. The third-order valence-electron chi connectivity index (χ3n) is 1.45. The van der Waals surface area contributed by atoms with Crippen molar-refractivity contribution in [3.63, 3.8) is 0 Å². The number of phenolic OH excluding ortho intramolecular Hbond substituents is 1. The van der Waals surface area contributed by atoms with Crippen LogP contribution in [0.15, 0.2) is 18.2 Å². The zero-order valence-corrected chi connectivity index (χ0v) is 7.01. The van der Waals surface area contributed by atoms with Crippen LogP contribution in [0.3, 0.4) is 0 Å². The fourth-order valence-corrected chi connectivity index (χ4v) is 1.02. The van der Waals surface area contributed by atoms with Crippen molar-refractivity contribution in [3.8, 4) is 5.75 Å². The van der Waals surface area contributed by atoms with Gasteiger partial charge in [-0.1, -0.05) is 11.6 Å². The van der Waals surface area contributed by atoms with Gasteiger partial charge < -0.3 is 10.8 Å². The second kappa shape index (κ2) is 3.56. The third kappa shape index (κ3) is 1.75. The maximum absolute atomic E-state index is 11.0. The van der Waals surface area contributed by atoms with Crippen LogP contribution in [0.2, 0.25) is 5.02 Å². The Labute approximate surface area is 74.8 Å². The number of rotatable bonds is 2. The van der Waals surface area contributed by atoms with Crippen LogP contribution >= 0.6 is 11.6 Å². The summed E-state index contributed by atoms with van der Waals surface area (Å²) in [5, 5.41) is 9.62. The van der Waals surface area contributed by atoms with E-state index in [-0.39, 0.29) is 23.6 Å². The number of phenols is 1. The molecule has 3 nitrogen and oxygen atoms in total. The number of nitrogens with two attached hydrogens (primary N) is 1. The minimum absolute atomic E-state index is 0.116. The van der Waals surface area contributed by atoms with Crippen LogP contribution < -0.4 is 5.73 Å². The Morgan fingerprint density at radius 1 is 1.58 bits per heavy atom. The molecule has 0 unspecified atom stereocenters. The first-order valence-electron chi connectivity index (χ1n) is 3.37. The molecule has 3 N–H and O–H groups in total. The molecule has 4 heteroatoms. The first-order chi connectivity index (χ1) is 5.65. The lowest BCUT2D eigenvalue weighted by Crippen LogP contribution is -2.13. The average Bonchev–Trinajstić information content (AvgIpc) is 2.03. The normalized spacial score (nSPS) is 9.83. The van der Waals surface area contributed by atoms with Crippen molar-refractivity contribution < 1.29 is 9.90 Å². The van der Waals surface area contributed by atoms with E-state index in [1.807, 2.05) is 0 Å². The molecule has 0 radical (unpaired) electrons. The zero-order valence-electron chi connectivity index (χ0n) is 6.25. The van der Waals surface area contributed by atoms with Crippen molar-refractivity contribution in [2.24, 2.45) is 5.73 Å². The Balaban J connectivity index is 3.09. The topological polar surface area (TPSA) is 63.3 Å². The molecule has 0 saturated heterocycles. The van der Waals surface area contributed by atoms with E-state index in [2.05, 4.69) is 0 Å². The van der Waals surface area contributed by atoms with Gasteiger partial charge in [0.25, 0.3) is 0 Å². The van der Waals surface area contributed by atoms with E-state index in [9.17, 15) is 9.90 Å². The van der Waals surface area contributed by atoms with Crippen molar-refractivity contribution in [3.05, 3.63) is 28.8 Å². The summed E-state index contributed by atoms with van der Waals surface area (Å²) >= 11 is 5.56. The van der Waals surface area contributed by atoms with E-state index < -0.39 is 0 Å². The van der Waals surface area contributed by atoms with Crippen molar-refractivity contribution >= 4 is 17.4 Å². The lowest BCUT2D eigenvalue weighted by atomic mass is 10.1. The van der Waals surface area contributed by atoms with Crippen molar-refractivity contribution in [2.45, 2.75) is 0 Å².